The summed E-state index contributed by atoms with van der Waals surface area (Å²) in [5, 5.41) is 4.18. The minimum atomic E-state index is -0.0166. The first-order valence-corrected chi connectivity index (χ1v) is 5.74. The summed E-state index contributed by atoms with van der Waals surface area (Å²) in [6.45, 7) is 4.92. The van der Waals surface area contributed by atoms with Gasteiger partial charge in [-0.3, -0.25) is 0 Å². The van der Waals surface area contributed by atoms with Crippen LogP contribution in [0.1, 0.15) is 32.5 Å². The zero-order valence-electron chi connectivity index (χ0n) is 9.51. The van der Waals surface area contributed by atoms with Crippen LogP contribution in [0.25, 0.3) is 0 Å². The highest BCUT2D eigenvalue weighted by Gasteiger charge is 2.31. The lowest BCUT2D eigenvalue weighted by molar-refractivity contribution is -0.0230. The van der Waals surface area contributed by atoms with E-state index in [9.17, 15) is 0 Å². The molecule has 0 aliphatic carbocycles. The third kappa shape index (κ3) is 2.56. The van der Waals surface area contributed by atoms with Gasteiger partial charge in [-0.1, -0.05) is 12.2 Å². The molecule has 1 saturated heterocycles. The number of hydrogen-bond donors (Lipinski definition) is 1. The van der Waals surface area contributed by atoms with Crippen molar-refractivity contribution in [1.82, 2.24) is 14.8 Å². The van der Waals surface area contributed by atoms with Crippen molar-refractivity contribution in [2.45, 2.75) is 44.9 Å². The Hall–Kier alpha value is -1.01. The molecule has 88 valence electrons. The molecule has 1 aliphatic rings. The first-order valence-electron chi connectivity index (χ1n) is 5.33. The molecular formula is C10H16N4OS. The van der Waals surface area contributed by atoms with E-state index in [1.807, 2.05) is 0 Å². The van der Waals surface area contributed by atoms with Crippen LogP contribution in [0.5, 0.6) is 0 Å². The van der Waals surface area contributed by atoms with E-state index < -0.39 is 0 Å². The lowest BCUT2D eigenvalue weighted by atomic mass is 10.1. The maximum atomic E-state index is 5.87. The Morgan fingerprint density at radius 1 is 1.75 bits per heavy atom. The van der Waals surface area contributed by atoms with Crippen molar-refractivity contribution < 1.29 is 4.74 Å². The first kappa shape index (κ1) is 11.5. The van der Waals surface area contributed by atoms with Gasteiger partial charge in [0.2, 0.25) is 5.82 Å². The summed E-state index contributed by atoms with van der Waals surface area (Å²) in [4.78, 5) is 4.25. The minimum Gasteiger partial charge on any atom is -0.387 e. The van der Waals surface area contributed by atoms with Crippen LogP contribution < -0.4 is 5.73 Å². The van der Waals surface area contributed by atoms with Gasteiger partial charge in [-0.15, -0.1) is 5.10 Å². The number of nitrogens with two attached hydrogens (primary N) is 1. The molecule has 0 aromatic carbocycles. The summed E-state index contributed by atoms with van der Waals surface area (Å²) in [6, 6.07) is 0. The minimum absolute atomic E-state index is 0.0166. The summed E-state index contributed by atoms with van der Waals surface area (Å²) < 4.78 is 7.61. The second-order valence-electron chi connectivity index (χ2n) is 4.69. The third-order valence-corrected chi connectivity index (χ3v) is 2.88. The highest BCUT2D eigenvalue weighted by molar-refractivity contribution is 7.80. The summed E-state index contributed by atoms with van der Waals surface area (Å²) in [5.74, 6) is 0.423. The topological polar surface area (TPSA) is 66.0 Å². The van der Waals surface area contributed by atoms with Gasteiger partial charge in [0, 0.05) is 0 Å². The van der Waals surface area contributed by atoms with E-state index in [1.54, 1.807) is 11.0 Å². The van der Waals surface area contributed by atoms with E-state index in [0.717, 1.165) is 12.8 Å². The van der Waals surface area contributed by atoms with Gasteiger partial charge in [0.05, 0.1) is 18.2 Å². The molecule has 1 fully saturated rings. The van der Waals surface area contributed by atoms with Gasteiger partial charge in [0.1, 0.15) is 11.3 Å². The lowest BCUT2D eigenvalue weighted by Gasteiger charge is -2.18. The number of ether oxygens (including phenoxy) is 1. The molecule has 16 heavy (non-hydrogen) atoms. The SMILES string of the molecule is CC1(C)CCC(Cn2cnc(C(N)=S)n2)O1. The number of thiocarbonyl (C=S) groups is 1. The summed E-state index contributed by atoms with van der Waals surface area (Å²) in [6.07, 6.45) is 3.98. The monoisotopic (exact) mass is 240 g/mol. The van der Waals surface area contributed by atoms with Gasteiger partial charge in [0.25, 0.3) is 0 Å². The number of hydrogen-bond acceptors (Lipinski definition) is 4. The molecule has 0 radical (unpaired) electrons. The van der Waals surface area contributed by atoms with Crippen molar-refractivity contribution in [3.63, 3.8) is 0 Å². The Morgan fingerprint density at radius 3 is 3.00 bits per heavy atom. The molecule has 1 atom stereocenters. The highest BCUT2D eigenvalue weighted by atomic mass is 32.1. The summed E-state index contributed by atoms with van der Waals surface area (Å²) >= 11 is 4.80. The molecule has 2 N–H and O–H groups in total. The highest BCUT2D eigenvalue weighted by Crippen LogP contribution is 2.29. The van der Waals surface area contributed by atoms with Crippen LogP contribution in [-0.2, 0) is 11.3 Å². The molecule has 0 amide bonds. The zero-order chi connectivity index (χ0) is 11.8. The van der Waals surface area contributed by atoms with Gasteiger partial charge in [-0.05, 0) is 26.7 Å². The van der Waals surface area contributed by atoms with E-state index in [2.05, 4.69) is 23.9 Å². The molecule has 0 saturated carbocycles. The molecule has 1 aromatic heterocycles. The first-order chi connectivity index (χ1) is 7.46. The van der Waals surface area contributed by atoms with Gasteiger partial charge in [-0.25, -0.2) is 9.67 Å². The van der Waals surface area contributed by atoms with Crippen molar-refractivity contribution in [2.75, 3.05) is 0 Å². The maximum absolute atomic E-state index is 5.87. The fraction of sp³-hybridized carbons (Fsp3) is 0.700. The molecule has 6 heteroatoms. The molecule has 1 aliphatic heterocycles. The number of rotatable bonds is 3. The fourth-order valence-electron chi connectivity index (χ4n) is 1.91. The van der Waals surface area contributed by atoms with Crippen LogP contribution in [0.15, 0.2) is 6.33 Å². The second-order valence-corrected chi connectivity index (χ2v) is 5.13. The fourth-order valence-corrected chi connectivity index (χ4v) is 2.00. The molecular weight excluding hydrogens is 224 g/mol. The Labute approximate surface area is 100.0 Å². The largest absolute Gasteiger partial charge is 0.387 e. The number of nitrogens with zero attached hydrogens (tertiary/aromatic N) is 3. The molecule has 2 heterocycles. The third-order valence-electron chi connectivity index (χ3n) is 2.70. The van der Waals surface area contributed by atoms with Crippen molar-refractivity contribution in [2.24, 2.45) is 5.73 Å². The maximum Gasteiger partial charge on any atom is 0.208 e. The van der Waals surface area contributed by atoms with Crippen LogP contribution in [0.4, 0.5) is 0 Å². The molecule has 1 aromatic rings. The van der Waals surface area contributed by atoms with E-state index in [0.29, 0.717) is 12.4 Å². The van der Waals surface area contributed by atoms with Crippen molar-refractivity contribution >= 4 is 17.2 Å². The predicted octanol–water partition coefficient (Wildman–Crippen LogP) is 0.870. The van der Waals surface area contributed by atoms with Crippen molar-refractivity contribution in [1.29, 1.82) is 0 Å². The summed E-state index contributed by atoms with van der Waals surface area (Å²) in [5.41, 5.74) is 5.42. The normalized spacial score (nSPS) is 23.5. The smallest absolute Gasteiger partial charge is 0.208 e. The Kier molecular flexibility index (Phi) is 2.94. The van der Waals surface area contributed by atoms with Gasteiger partial charge in [-0.2, -0.15) is 0 Å². The van der Waals surface area contributed by atoms with Gasteiger partial charge >= 0.3 is 0 Å². The summed E-state index contributed by atoms with van der Waals surface area (Å²) in [7, 11) is 0. The Morgan fingerprint density at radius 2 is 2.50 bits per heavy atom. The van der Waals surface area contributed by atoms with Crippen molar-refractivity contribution in [3.05, 3.63) is 12.2 Å². The zero-order valence-corrected chi connectivity index (χ0v) is 10.3. The van der Waals surface area contributed by atoms with Crippen LogP contribution in [-0.4, -0.2) is 31.5 Å². The number of aromatic nitrogens is 3. The standard InChI is InChI=1S/C10H16N4OS/c1-10(2)4-3-7(15-10)5-14-6-12-9(13-14)8(11)16/h6-7H,3-5H2,1-2H3,(H2,11,16). The molecule has 0 bridgehead atoms. The van der Waals surface area contributed by atoms with Crippen LogP contribution in [0.2, 0.25) is 0 Å². The molecule has 0 spiro atoms. The van der Waals surface area contributed by atoms with Crippen LogP contribution >= 0.6 is 12.2 Å². The van der Waals surface area contributed by atoms with E-state index in [4.69, 9.17) is 22.7 Å². The Bertz CT molecular complexity index is 401. The van der Waals surface area contributed by atoms with E-state index in [-0.39, 0.29) is 16.7 Å². The molecule has 5 nitrogen and oxygen atoms in total. The predicted molar refractivity (Wildman–Crippen MR) is 64.1 cm³/mol. The molecule has 1 unspecified atom stereocenters. The average Bonchev–Trinajstić information content (AvgIpc) is 2.73. The van der Waals surface area contributed by atoms with Gasteiger partial charge in [0.15, 0.2) is 0 Å². The lowest BCUT2D eigenvalue weighted by Crippen LogP contribution is -2.23. The average molecular weight is 240 g/mol. The van der Waals surface area contributed by atoms with Gasteiger partial charge < -0.3 is 10.5 Å². The van der Waals surface area contributed by atoms with E-state index in [1.165, 1.54) is 0 Å². The van der Waals surface area contributed by atoms with Crippen LogP contribution in [0, 0.1) is 0 Å². The van der Waals surface area contributed by atoms with E-state index >= 15 is 0 Å². The quantitative estimate of drug-likeness (QED) is 0.794. The Balaban J connectivity index is 1.97. The second kappa shape index (κ2) is 4.10. The van der Waals surface area contributed by atoms with Crippen molar-refractivity contribution in [3.8, 4) is 0 Å². The van der Waals surface area contributed by atoms with Crippen LogP contribution in [0.3, 0.4) is 0 Å². The molecule has 2 rings (SSSR count).